The molecular weight excluding hydrogens is 326 g/mol. The van der Waals surface area contributed by atoms with Crippen LogP contribution in [-0.2, 0) is 16.4 Å². The number of para-hydroxylation sites is 1. The average molecular weight is 347 g/mol. The van der Waals surface area contributed by atoms with E-state index in [1.54, 1.807) is 12.1 Å². The molecule has 3 rings (SSSR count). The Bertz CT molecular complexity index is 777. The van der Waals surface area contributed by atoms with Crippen molar-refractivity contribution < 1.29 is 18.3 Å². The molecule has 2 aromatic carbocycles. The average Bonchev–Trinajstić information content (AvgIpc) is 2.71. The zero-order valence-electron chi connectivity index (χ0n) is 13.3. The van der Waals surface area contributed by atoms with Gasteiger partial charge in [-0.1, -0.05) is 36.4 Å². The van der Waals surface area contributed by atoms with Crippen LogP contribution >= 0.6 is 0 Å². The highest BCUT2D eigenvalue weighted by molar-refractivity contribution is 7.91. The summed E-state index contributed by atoms with van der Waals surface area (Å²) in [6.45, 7) is 1.46. The van der Waals surface area contributed by atoms with E-state index in [4.69, 9.17) is 4.74 Å². The summed E-state index contributed by atoms with van der Waals surface area (Å²) in [6.07, 6.45) is -0.682. The quantitative estimate of drug-likeness (QED) is 0.892. The number of rotatable bonds is 5. The molecule has 1 aliphatic rings. The van der Waals surface area contributed by atoms with E-state index >= 15 is 0 Å². The fourth-order valence-electron chi connectivity index (χ4n) is 2.83. The van der Waals surface area contributed by atoms with E-state index < -0.39 is 15.9 Å². The Balaban J connectivity index is 1.62. The Labute approximate surface area is 142 Å². The van der Waals surface area contributed by atoms with Crippen molar-refractivity contribution >= 4 is 9.84 Å². The molecule has 0 spiro atoms. The molecular formula is C18H21NO4S. The van der Waals surface area contributed by atoms with E-state index in [-0.39, 0.29) is 12.4 Å². The summed E-state index contributed by atoms with van der Waals surface area (Å²) in [5.74, 6) is 0.774. The molecule has 0 aliphatic carbocycles. The molecule has 1 N–H and O–H groups in total. The van der Waals surface area contributed by atoms with E-state index in [0.717, 1.165) is 5.56 Å². The van der Waals surface area contributed by atoms with Gasteiger partial charge in [-0.25, -0.2) is 8.42 Å². The highest BCUT2D eigenvalue weighted by atomic mass is 32.2. The molecule has 1 aliphatic heterocycles. The van der Waals surface area contributed by atoms with Crippen LogP contribution < -0.4 is 4.74 Å². The number of sulfone groups is 1. The first-order valence-corrected chi connectivity index (χ1v) is 9.59. The number of hydrogen-bond acceptors (Lipinski definition) is 5. The van der Waals surface area contributed by atoms with Crippen molar-refractivity contribution in [2.75, 3.05) is 25.4 Å². The summed E-state index contributed by atoms with van der Waals surface area (Å²) >= 11 is 0. The lowest BCUT2D eigenvalue weighted by Crippen LogP contribution is -2.36. The smallest absolute Gasteiger partial charge is 0.179 e. The van der Waals surface area contributed by atoms with Gasteiger partial charge in [0.2, 0.25) is 0 Å². The van der Waals surface area contributed by atoms with Gasteiger partial charge in [-0.05, 0) is 23.8 Å². The van der Waals surface area contributed by atoms with Gasteiger partial charge >= 0.3 is 0 Å². The van der Waals surface area contributed by atoms with Crippen molar-refractivity contribution in [2.24, 2.45) is 0 Å². The third-order valence-electron chi connectivity index (χ3n) is 4.03. The second-order valence-corrected chi connectivity index (χ2v) is 8.02. The Morgan fingerprint density at radius 1 is 1.08 bits per heavy atom. The zero-order valence-corrected chi connectivity index (χ0v) is 14.2. The third kappa shape index (κ3) is 4.14. The maximum Gasteiger partial charge on any atom is 0.179 e. The fourth-order valence-corrected chi connectivity index (χ4v) is 4.37. The first-order valence-electron chi connectivity index (χ1n) is 7.93. The van der Waals surface area contributed by atoms with Crippen molar-refractivity contribution in [3.8, 4) is 5.75 Å². The van der Waals surface area contributed by atoms with Gasteiger partial charge in [0.1, 0.15) is 18.5 Å². The van der Waals surface area contributed by atoms with Crippen LogP contribution in [0.15, 0.2) is 59.5 Å². The molecule has 128 valence electrons. The molecule has 0 saturated heterocycles. The molecule has 6 heteroatoms. The van der Waals surface area contributed by atoms with Crippen LogP contribution in [-0.4, -0.2) is 50.0 Å². The standard InChI is InChI=1S/C18H21NO4S/c20-16(14-23-17-7-2-1-3-8-17)13-19-10-11-24(21,22)18-9-5-4-6-15(18)12-19/h1-9,16,20H,10-14H2. The lowest BCUT2D eigenvalue weighted by atomic mass is 10.2. The monoisotopic (exact) mass is 347 g/mol. The van der Waals surface area contributed by atoms with Gasteiger partial charge in [-0.3, -0.25) is 4.90 Å². The van der Waals surface area contributed by atoms with Gasteiger partial charge in [0.15, 0.2) is 9.84 Å². The van der Waals surface area contributed by atoms with Crippen molar-refractivity contribution in [1.29, 1.82) is 0 Å². The minimum absolute atomic E-state index is 0.0657. The second-order valence-electron chi connectivity index (χ2n) is 5.94. The minimum Gasteiger partial charge on any atom is -0.491 e. The molecule has 0 amide bonds. The molecule has 0 aromatic heterocycles. The lowest BCUT2D eigenvalue weighted by molar-refractivity contribution is 0.0678. The number of fused-ring (bicyclic) bond motifs is 1. The van der Waals surface area contributed by atoms with Crippen molar-refractivity contribution in [1.82, 2.24) is 4.90 Å². The molecule has 1 heterocycles. The number of benzene rings is 2. The summed E-state index contributed by atoms with van der Waals surface area (Å²) in [4.78, 5) is 2.37. The van der Waals surface area contributed by atoms with Crippen LogP contribution in [0.2, 0.25) is 0 Å². The summed E-state index contributed by atoms with van der Waals surface area (Å²) in [5.41, 5.74) is 0.783. The summed E-state index contributed by atoms with van der Waals surface area (Å²) < 4.78 is 30.2. The zero-order chi connectivity index (χ0) is 17.0. The van der Waals surface area contributed by atoms with E-state index in [1.165, 1.54) is 0 Å². The Morgan fingerprint density at radius 3 is 2.58 bits per heavy atom. The van der Waals surface area contributed by atoms with Gasteiger partial charge in [0, 0.05) is 19.6 Å². The number of hydrogen-bond donors (Lipinski definition) is 1. The topological polar surface area (TPSA) is 66.8 Å². The van der Waals surface area contributed by atoms with Gasteiger partial charge in [-0.2, -0.15) is 0 Å². The number of nitrogens with zero attached hydrogens (tertiary/aromatic N) is 1. The maximum absolute atomic E-state index is 12.3. The second kappa shape index (κ2) is 7.34. The Morgan fingerprint density at radius 2 is 1.79 bits per heavy atom. The number of aliphatic hydroxyl groups excluding tert-OH is 1. The Kier molecular flexibility index (Phi) is 5.18. The summed E-state index contributed by atoms with van der Waals surface area (Å²) in [5, 5.41) is 10.2. The van der Waals surface area contributed by atoms with E-state index in [0.29, 0.717) is 30.3 Å². The van der Waals surface area contributed by atoms with Crippen LogP contribution in [0.1, 0.15) is 5.56 Å². The van der Waals surface area contributed by atoms with Gasteiger partial charge in [0.05, 0.1) is 10.6 Å². The normalized spacial score (nSPS) is 18.4. The van der Waals surface area contributed by atoms with E-state index in [2.05, 4.69) is 0 Å². The van der Waals surface area contributed by atoms with E-state index in [1.807, 2.05) is 47.4 Å². The SMILES string of the molecule is O=S1(=O)CCN(CC(O)COc2ccccc2)Cc2ccccc21. The lowest BCUT2D eigenvalue weighted by Gasteiger charge is -2.23. The van der Waals surface area contributed by atoms with Crippen LogP contribution in [0, 0.1) is 0 Å². The molecule has 1 atom stereocenters. The first kappa shape index (κ1) is 17.0. The highest BCUT2D eigenvalue weighted by Gasteiger charge is 2.26. The Hall–Kier alpha value is -1.89. The van der Waals surface area contributed by atoms with Gasteiger partial charge in [0.25, 0.3) is 0 Å². The molecule has 2 aromatic rings. The molecule has 1 unspecified atom stereocenters. The minimum atomic E-state index is -3.26. The highest BCUT2D eigenvalue weighted by Crippen LogP contribution is 2.22. The molecule has 0 saturated carbocycles. The molecule has 0 fully saturated rings. The molecule has 24 heavy (non-hydrogen) atoms. The summed E-state index contributed by atoms with van der Waals surface area (Å²) in [6, 6.07) is 16.4. The van der Waals surface area contributed by atoms with Crippen LogP contribution in [0.5, 0.6) is 5.75 Å². The van der Waals surface area contributed by atoms with Crippen molar-refractivity contribution in [3.63, 3.8) is 0 Å². The number of β-amino-alcohol motifs (C(OH)–C–C–N with tert-alkyl or cyclic N) is 1. The molecule has 0 radical (unpaired) electrons. The fraction of sp³-hybridized carbons (Fsp3) is 0.333. The largest absolute Gasteiger partial charge is 0.491 e. The number of aliphatic hydroxyl groups is 1. The maximum atomic E-state index is 12.3. The first-order chi connectivity index (χ1) is 11.5. The molecule has 0 bridgehead atoms. The van der Waals surface area contributed by atoms with Crippen molar-refractivity contribution in [2.45, 2.75) is 17.5 Å². The molecule has 5 nitrogen and oxygen atoms in total. The van der Waals surface area contributed by atoms with Crippen molar-refractivity contribution in [3.05, 3.63) is 60.2 Å². The van der Waals surface area contributed by atoms with E-state index in [9.17, 15) is 13.5 Å². The number of ether oxygens (including phenoxy) is 1. The van der Waals surface area contributed by atoms with Crippen LogP contribution in [0.25, 0.3) is 0 Å². The van der Waals surface area contributed by atoms with Crippen LogP contribution in [0.3, 0.4) is 0 Å². The predicted octanol–water partition coefficient (Wildman–Crippen LogP) is 1.72. The summed E-state index contributed by atoms with van der Waals surface area (Å²) in [7, 11) is -3.26. The van der Waals surface area contributed by atoms with Crippen LogP contribution in [0.4, 0.5) is 0 Å². The van der Waals surface area contributed by atoms with Gasteiger partial charge in [-0.15, -0.1) is 0 Å². The predicted molar refractivity (Wildman–Crippen MR) is 91.7 cm³/mol. The van der Waals surface area contributed by atoms with Gasteiger partial charge < -0.3 is 9.84 Å². The third-order valence-corrected chi connectivity index (χ3v) is 5.82.